The molecule has 0 spiro atoms. The van der Waals surface area contributed by atoms with Gasteiger partial charge in [0.25, 0.3) is 5.91 Å². The van der Waals surface area contributed by atoms with Gasteiger partial charge in [-0.15, -0.1) is 0 Å². The third-order valence-electron chi connectivity index (χ3n) is 4.42. The van der Waals surface area contributed by atoms with Crippen molar-refractivity contribution >= 4 is 29.2 Å². The molecule has 0 aromatic heterocycles. The van der Waals surface area contributed by atoms with Crippen LogP contribution in [0.4, 0.5) is 5.69 Å². The molecular weight excluding hydrogens is 390 g/mol. The third-order valence-corrected chi connectivity index (χ3v) is 5.01. The second kappa shape index (κ2) is 11.5. The van der Waals surface area contributed by atoms with Gasteiger partial charge in [-0.2, -0.15) is 0 Å². The summed E-state index contributed by atoms with van der Waals surface area (Å²) >= 11 is 6.13. The Morgan fingerprint density at radius 2 is 1.66 bits per heavy atom. The third kappa shape index (κ3) is 7.42. The topological polar surface area (TPSA) is 64.6 Å². The Balaban J connectivity index is 1.80. The van der Waals surface area contributed by atoms with E-state index in [1.54, 1.807) is 36.4 Å². The Hall–Kier alpha value is -2.53. The van der Waals surface area contributed by atoms with E-state index in [-0.39, 0.29) is 18.5 Å². The molecule has 0 saturated carbocycles. The molecule has 29 heavy (non-hydrogen) atoms. The van der Waals surface area contributed by atoms with Gasteiger partial charge in [-0.1, -0.05) is 37.8 Å². The molecule has 0 atom stereocenters. The number of esters is 1. The van der Waals surface area contributed by atoms with Crippen molar-refractivity contribution in [3.63, 3.8) is 0 Å². The molecule has 5 nitrogen and oxygen atoms in total. The van der Waals surface area contributed by atoms with Crippen LogP contribution in [0.3, 0.4) is 0 Å². The van der Waals surface area contributed by atoms with Gasteiger partial charge >= 0.3 is 5.97 Å². The fourth-order valence-corrected chi connectivity index (χ4v) is 2.91. The second-order valence-electron chi connectivity index (χ2n) is 6.98. The Kier molecular flexibility index (Phi) is 9.00. The number of amides is 1. The van der Waals surface area contributed by atoms with Gasteiger partial charge in [0.2, 0.25) is 0 Å². The van der Waals surface area contributed by atoms with Gasteiger partial charge in [0.05, 0.1) is 12.2 Å². The molecule has 1 amide bonds. The summed E-state index contributed by atoms with van der Waals surface area (Å²) in [6, 6.07) is 10.2. The molecule has 1 N–H and O–H groups in total. The molecule has 0 aliphatic carbocycles. The van der Waals surface area contributed by atoms with Crippen LogP contribution in [0, 0.1) is 13.8 Å². The van der Waals surface area contributed by atoms with Crippen molar-refractivity contribution in [2.24, 2.45) is 0 Å². The number of carbonyl (C=O) groups excluding carboxylic acids is 2. The minimum absolute atomic E-state index is 0.123. The molecule has 0 aliphatic rings. The Bertz CT molecular complexity index is 810. The number of nitrogens with one attached hydrogen (secondary N) is 1. The first-order chi connectivity index (χ1) is 13.9. The number of carbonyl (C=O) groups is 2. The lowest BCUT2D eigenvalue weighted by Crippen LogP contribution is -2.20. The van der Waals surface area contributed by atoms with Crippen molar-refractivity contribution in [3.8, 4) is 5.75 Å². The largest absolute Gasteiger partial charge is 0.484 e. The average molecular weight is 418 g/mol. The van der Waals surface area contributed by atoms with E-state index in [9.17, 15) is 9.59 Å². The maximum absolute atomic E-state index is 12.1. The summed E-state index contributed by atoms with van der Waals surface area (Å²) in [5.74, 6) is -0.0470. The van der Waals surface area contributed by atoms with Crippen molar-refractivity contribution in [2.45, 2.75) is 46.5 Å². The van der Waals surface area contributed by atoms with Gasteiger partial charge in [-0.25, -0.2) is 4.79 Å². The van der Waals surface area contributed by atoms with Gasteiger partial charge in [-0.3, -0.25) is 4.79 Å². The number of unbranched alkanes of at least 4 members (excludes halogenated alkanes) is 3. The minimum Gasteiger partial charge on any atom is -0.484 e. The first kappa shape index (κ1) is 22.8. The zero-order valence-electron chi connectivity index (χ0n) is 17.2. The molecule has 2 aromatic carbocycles. The van der Waals surface area contributed by atoms with Crippen molar-refractivity contribution in [2.75, 3.05) is 18.5 Å². The summed E-state index contributed by atoms with van der Waals surface area (Å²) in [5.41, 5.74) is 2.84. The number of anilines is 1. The summed E-state index contributed by atoms with van der Waals surface area (Å²) in [5, 5.41) is 3.44. The van der Waals surface area contributed by atoms with Crippen LogP contribution < -0.4 is 10.1 Å². The molecule has 2 rings (SSSR count). The van der Waals surface area contributed by atoms with E-state index in [1.165, 1.54) is 0 Å². The molecule has 0 heterocycles. The molecule has 0 aliphatic heterocycles. The average Bonchev–Trinajstić information content (AvgIpc) is 2.70. The lowest BCUT2D eigenvalue weighted by molar-refractivity contribution is -0.118. The van der Waals surface area contributed by atoms with E-state index in [2.05, 4.69) is 12.2 Å². The van der Waals surface area contributed by atoms with Gasteiger partial charge in [0, 0.05) is 10.7 Å². The van der Waals surface area contributed by atoms with Gasteiger partial charge in [0.15, 0.2) is 6.61 Å². The van der Waals surface area contributed by atoms with Gasteiger partial charge in [0.1, 0.15) is 5.75 Å². The first-order valence-corrected chi connectivity index (χ1v) is 10.2. The number of ether oxygens (including phenoxy) is 2. The highest BCUT2D eigenvalue weighted by molar-refractivity contribution is 6.32. The fourth-order valence-electron chi connectivity index (χ4n) is 2.80. The lowest BCUT2D eigenvalue weighted by Gasteiger charge is -2.11. The fraction of sp³-hybridized carbons (Fsp3) is 0.391. The highest BCUT2D eigenvalue weighted by Gasteiger charge is 2.09. The number of aryl methyl sites for hydroxylation is 2. The van der Waals surface area contributed by atoms with Crippen LogP contribution in [-0.2, 0) is 9.53 Å². The van der Waals surface area contributed by atoms with Crippen LogP contribution in [0.5, 0.6) is 5.75 Å². The van der Waals surface area contributed by atoms with Gasteiger partial charge < -0.3 is 14.8 Å². The van der Waals surface area contributed by atoms with E-state index in [4.69, 9.17) is 21.1 Å². The zero-order chi connectivity index (χ0) is 21.2. The summed E-state index contributed by atoms with van der Waals surface area (Å²) in [7, 11) is 0. The maximum Gasteiger partial charge on any atom is 0.338 e. The summed E-state index contributed by atoms with van der Waals surface area (Å²) in [6.07, 6.45) is 4.23. The highest BCUT2D eigenvalue weighted by atomic mass is 35.5. The van der Waals surface area contributed by atoms with Crippen molar-refractivity contribution < 1.29 is 19.1 Å². The van der Waals surface area contributed by atoms with Crippen LogP contribution in [-0.4, -0.2) is 25.1 Å². The van der Waals surface area contributed by atoms with Gasteiger partial charge in [-0.05, 0) is 67.8 Å². The molecule has 0 saturated heterocycles. The quantitative estimate of drug-likeness (QED) is 0.397. The zero-order valence-corrected chi connectivity index (χ0v) is 18.0. The van der Waals surface area contributed by atoms with Crippen LogP contribution >= 0.6 is 11.6 Å². The molecule has 2 aromatic rings. The first-order valence-electron chi connectivity index (χ1n) is 9.87. The molecule has 156 valence electrons. The Morgan fingerprint density at radius 1 is 1.00 bits per heavy atom. The van der Waals surface area contributed by atoms with Crippen LogP contribution in [0.15, 0.2) is 36.4 Å². The maximum atomic E-state index is 12.1. The van der Waals surface area contributed by atoms with Crippen LogP contribution in [0.25, 0.3) is 0 Å². The standard InChI is InChI=1S/C23H28ClNO4/c1-4-5-6-7-12-28-23(27)18-8-10-19(11-9-18)25-21(26)15-29-20-13-16(2)22(24)17(3)14-20/h8-11,13-14H,4-7,12,15H2,1-3H3,(H,25,26). The number of halogens is 1. The predicted molar refractivity (Wildman–Crippen MR) is 116 cm³/mol. The van der Waals surface area contributed by atoms with Crippen LogP contribution in [0.2, 0.25) is 5.02 Å². The molecule has 6 heteroatoms. The minimum atomic E-state index is -0.351. The molecule has 0 bridgehead atoms. The monoisotopic (exact) mass is 417 g/mol. The number of rotatable bonds is 10. The SMILES string of the molecule is CCCCCCOC(=O)c1ccc(NC(=O)COc2cc(C)c(Cl)c(C)c2)cc1. The number of hydrogen-bond donors (Lipinski definition) is 1. The Morgan fingerprint density at radius 3 is 2.28 bits per heavy atom. The molecule has 0 radical (unpaired) electrons. The molecule has 0 fully saturated rings. The van der Waals surface area contributed by atoms with E-state index < -0.39 is 0 Å². The number of hydrogen-bond acceptors (Lipinski definition) is 4. The predicted octanol–water partition coefficient (Wildman–Crippen LogP) is 5.71. The number of benzene rings is 2. The summed E-state index contributed by atoms with van der Waals surface area (Å²) < 4.78 is 10.8. The van der Waals surface area contributed by atoms with E-state index in [0.29, 0.717) is 28.6 Å². The highest BCUT2D eigenvalue weighted by Crippen LogP contribution is 2.25. The van der Waals surface area contributed by atoms with Crippen molar-refractivity contribution in [1.29, 1.82) is 0 Å². The summed E-state index contributed by atoms with van der Waals surface area (Å²) in [4.78, 5) is 24.1. The van der Waals surface area contributed by atoms with Crippen LogP contribution in [0.1, 0.15) is 54.1 Å². The Labute approximate surface area is 177 Å². The normalized spacial score (nSPS) is 10.5. The summed E-state index contributed by atoms with van der Waals surface area (Å²) in [6.45, 7) is 6.22. The molecule has 0 unspecified atom stereocenters. The van der Waals surface area contributed by atoms with E-state index >= 15 is 0 Å². The van der Waals surface area contributed by atoms with Crippen molar-refractivity contribution in [1.82, 2.24) is 0 Å². The van der Waals surface area contributed by atoms with Crippen molar-refractivity contribution in [3.05, 3.63) is 58.1 Å². The van der Waals surface area contributed by atoms with E-state index in [1.807, 2.05) is 13.8 Å². The lowest BCUT2D eigenvalue weighted by atomic mass is 10.1. The molecular formula is C23H28ClNO4. The van der Waals surface area contributed by atoms with E-state index in [0.717, 1.165) is 36.8 Å². The second-order valence-corrected chi connectivity index (χ2v) is 7.36. The smallest absolute Gasteiger partial charge is 0.338 e.